The van der Waals surface area contributed by atoms with Crippen molar-refractivity contribution in [2.24, 2.45) is 13.0 Å². The average molecular weight is 351 g/mol. The van der Waals surface area contributed by atoms with Gasteiger partial charge in [0, 0.05) is 31.4 Å². The minimum absolute atomic E-state index is 0.213. The van der Waals surface area contributed by atoms with Gasteiger partial charge in [0.05, 0.1) is 5.75 Å². The molecule has 0 aliphatic carbocycles. The lowest BCUT2D eigenvalue weighted by Crippen LogP contribution is -2.38. The second-order valence-electron chi connectivity index (χ2n) is 6.07. The fraction of sp³-hybridized carbons (Fsp3) is 0.562. The molecule has 2 aromatic rings. The summed E-state index contributed by atoms with van der Waals surface area (Å²) >= 11 is 3.21. The van der Waals surface area contributed by atoms with Gasteiger partial charge < -0.3 is 9.47 Å². The molecule has 7 heteroatoms. The van der Waals surface area contributed by atoms with Crippen LogP contribution in [0.3, 0.4) is 0 Å². The predicted octanol–water partition coefficient (Wildman–Crippen LogP) is 2.82. The number of carbonyl (C=O) groups is 1. The van der Waals surface area contributed by atoms with E-state index in [4.69, 9.17) is 0 Å². The summed E-state index contributed by atoms with van der Waals surface area (Å²) in [6, 6.07) is 4.15. The topological polar surface area (TPSA) is 51.0 Å². The zero-order chi connectivity index (χ0) is 16.2. The number of carbonyl (C=O) groups excluding carboxylic acids is 1. The maximum absolute atomic E-state index is 12.3. The van der Waals surface area contributed by atoms with E-state index in [2.05, 4.69) is 28.6 Å². The Morgan fingerprint density at radius 3 is 2.87 bits per heavy atom. The molecule has 0 spiro atoms. The SMILES string of the molecule is CC1CCN(C(=O)CSc2nnc(Cc3cccs3)n2C)CC1. The van der Waals surface area contributed by atoms with Gasteiger partial charge in [-0.3, -0.25) is 4.79 Å². The minimum Gasteiger partial charge on any atom is -0.342 e. The molecule has 0 aromatic carbocycles. The molecule has 124 valence electrons. The molecule has 1 aliphatic rings. The van der Waals surface area contributed by atoms with Crippen LogP contribution in [-0.4, -0.2) is 44.4 Å². The summed E-state index contributed by atoms with van der Waals surface area (Å²) in [4.78, 5) is 15.6. The fourth-order valence-electron chi connectivity index (χ4n) is 2.67. The van der Waals surface area contributed by atoms with Gasteiger partial charge in [-0.2, -0.15) is 0 Å². The van der Waals surface area contributed by atoms with Crippen molar-refractivity contribution < 1.29 is 4.79 Å². The summed E-state index contributed by atoms with van der Waals surface area (Å²) in [7, 11) is 1.97. The van der Waals surface area contributed by atoms with Crippen LogP contribution in [0.25, 0.3) is 0 Å². The first-order chi connectivity index (χ1) is 11.1. The van der Waals surface area contributed by atoms with Crippen LogP contribution in [0.1, 0.15) is 30.5 Å². The van der Waals surface area contributed by atoms with Crippen molar-refractivity contribution >= 4 is 29.0 Å². The van der Waals surface area contributed by atoms with Crippen molar-refractivity contribution in [3.8, 4) is 0 Å². The highest BCUT2D eigenvalue weighted by atomic mass is 32.2. The number of nitrogens with zero attached hydrogens (tertiary/aromatic N) is 4. The standard InChI is InChI=1S/C16H22N4OS2/c1-12-5-7-20(8-6-12)15(21)11-23-16-18-17-14(19(16)2)10-13-4-3-9-22-13/h3-4,9,12H,5-8,10-11H2,1-2H3. The lowest BCUT2D eigenvalue weighted by Gasteiger charge is -2.30. The summed E-state index contributed by atoms with van der Waals surface area (Å²) < 4.78 is 2.00. The van der Waals surface area contributed by atoms with Gasteiger partial charge in [0.25, 0.3) is 0 Å². The maximum Gasteiger partial charge on any atom is 0.233 e. The largest absolute Gasteiger partial charge is 0.342 e. The van der Waals surface area contributed by atoms with Gasteiger partial charge >= 0.3 is 0 Å². The van der Waals surface area contributed by atoms with Gasteiger partial charge in [-0.05, 0) is 30.2 Å². The van der Waals surface area contributed by atoms with Crippen LogP contribution in [0, 0.1) is 5.92 Å². The number of thioether (sulfide) groups is 1. The number of thiophene rings is 1. The quantitative estimate of drug-likeness (QED) is 0.778. The third-order valence-electron chi connectivity index (χ3n) is 4.30. The van der Waals surface area contributed by atoms with Gasteiger partial charge in [0.2, 0.25) is 5.91 Å². The summed E-state index contributed by atoms with van der Waals surface area (Å²) in [6.07, 6.45) is 3.02. The lowest BCUT2D eigenvalue weighted by atomic mass is 9.99. The van der Waals surface area contributed by atoms with Crippen LogP contribution >= 0.6 is 23.1 Å². The van der Waals surface area contributed by atoms with E-state index in [1.54, 1.807) is 11.3 Å². The third kappa shape index (κ3) is 4.14. The molecule has 1 saturated heterocycles. The van der Waals surface area contributed by atoms with Crippen molar-refractivity contribution in [2.45, 2.75) is 31.3 Å². The molecular formula is C16H22N4OS2. The second kappa shape index (κ2) is 7.49. The third-order valence-corrected chi connectivity index (χ3v) is 6.18. The van der Waals surface area contributed by atoms with Crippen LogP contribution < -0.4 is 0 Å². The molecule has 0 bridgehead atoms. The first kappa shape index (κ1) is 16.5. The molecule has 3 rings (SSSR count). The van der Waals surface area contributed by atoms with E-state index in [0.29, 0.717) is 5.75 Å². The summed E-state index contributed by atoms with van der Waals surface area (Å²) in [5.41, 5.74) is 0. The van der Waals surface area contributed by atoms with E-state index >= 15 is 0 Å². The molecule has 1 fully saturated rings. The maximum atomic E-state index is 12.3. The van der Waals surface area contributed by atoms with E-state index in [-0.39, 0.29) is 5.91 Å². The molecule has 0 N–H and O–H groups in total. The number of hydrogen-bond acceptors (Lipinski definition) is 5. The number of likely N-dealkylation sites (tertiary alicyclic amines) is 1. The van der Waals surface area contributed by atoms with Crippen LogP contribution in [0.15, 0.2) is 22.7 Å². The highest BCUT2D eigenvalue weighted by molar-refractivity contribution is 7.99. The van der Waals surface area contributed by atoms with Gasteiger partial charge in [0.15, 0.2) is 5.16 Å². The smallest absolute Gasteiger partial charge is 0.233 e. The normalized spacial score (nSPS) is 16.0. The van der Waals surface area contributed by atoms with Crippen LogP contribution in [0.4, 0.5) is 0 Å². The Balaban J connectivity index is 1.54. The number of amides is 1. The number of piperidine rings is 1. The van der Waals surface area contributed by atoms with E-state index < -0.39 is 0 Å². The molecular weight excluding hydrogens is 328 g/mol. The summed E-state index contributed by atoms with van der Waals surface area (Å²) in [6.45, 7) is 4.04. The Hall–Kier alpha value is -1.34. The van der Waals surface area contributed by atoms with Gasteiger partial charge in [-0.15, -0.1) is 21.5 Å². The second-order valence-corrected chi connectivity index (χ2v) is 8.04. The lowest BCUT2D eigenvalue weighted by molar-refractivity contribution is -0.129. The van der Waals surface area contributed by atoms with Crippen molar-refractivity contribution in [1.29, 1.82) is 0 Å². The van der Waals surface area contributed by atoms with Crippen molar-refractivity contribution in [2.75, 3.05) is 18.8 Å². The average Bonchev–Trinajstić information content (AvgIpc) is 3.18. The van der Waals surface area contributed by atoms with E-state index in [0.717, 1.165) is 49.3 Å². The summed E-state index contributed by atoms with van der Waals surface area (Å²) in [5, 5.41) is 11.4. The van der Waals surface area contributed by atoms with Crippen molar-refractivity contribution in [3.05, 3.63) is 28.2 Å². The van der Waals surface area contributed by atoms with E-state index in [1.165, 1.54) is 16.6 Å². The molecule has 0 unspecified atom stereocenters. The Bertz CT molecular complexity index is 645. The Morgan fingerprint density at radius 2 is 2.17 bits per heavy atom. The van der Waals surface area contributed by atoms with E-state index in [9.17, 15) is 4.79 Å². The first-order valence-corrected chi connectivity index (χ1v) is 9.81. The fourth-order valence-corrected chi connectivity index (χ4v) is 4.20. The number of rotatable bonds is 5. The minimum atomic E-state index is 0.213. The van der Waals surface area contributed by atoms with Crippen LogP contribution in [0.5, 0.6) is 0 Å². The van der Waals surface area contributed by atoms with E-state index in [1.807, 2.05) is 22.6 Å². The predicted molar refractivity (Wildman–Crippen MR) is 93.8 cm³/mol. The highest BCUT2D eigenvalue weighted by Gasteiger charge is 2.21. The number of hydrogen-bond donors (Lipinski definition) is 0. The van der Waals surface area contributed by atoms with Gasteiger partial charge in [-0.25, -0.2) is 0 Å². The molecule has 1 amide bonds. The van der Waals surface area contributed by atoms with Crippen molar-refractivity contribution in [1.82, 2.24) is 19.7 Å². The Morgan fingerprint density at radius 1 is 1.39 bits per heavy atom. The molecule has 5 nitrogen and oxygen atoms in total. The van der Waals surface area contributed by atoms with Crippen LogP contribution in [0.2, 0.25) is 0 Å². The molecule has 0 radical (unpaired) electrons. The first-order valence-electron chi connectivity index (χ1n) is 7.94. The molecule has 23 heavy (non-hydrogen) atoms. The molecule has 0 saturated carbocycles. The Labute approximate surface area is 145 Å². The zero-order valence-corrected chi connectivity index (χ0v) is 15.2. The highest BCUT2D eigenvalue weighted by Crippen LogP contribution is 2.21. The molecule has 3 heterocycles. The van der Waals surface area contributed by atoms with Gasteiger partial charge in [-0.1, -0.05) is 24.8 Å². The molecule has 0 atom stereocenters. The number of aromatic nitrogens is 3. The van der Waals surface area contributed by atoms with Gasteiger partial charge in [0.1, 0.15) is 5.82 Å². The van der Waals surface area contributed by atoms with Crippen molar-refractivity contribution in [3.63, 3.8) is 0 Å². The van der Waals surface area contributed by atoms with Crippen LogP contribution in [-0.2, 0) is 18.3 Å². The zero-order valence-electron chi connectivity index (χ0n) is 13.6. The monoisotopic (exact) mass is 350 g/mol. The summed E-state index contributed by atoms with van der Waals surface area (Å²) in [5.74, 6) is 2.34. The molecule has 2 aromatic heterocycles. The Kier molecular flexibility index (Phi) is 5.38. The molecule has 1 aliphatic heterocycles.